The van der Waals surface area contributed by atoms with Crippen molar-refractivity contribution in [3.63, 3.8) is 0 Å². The number of likely N-dealkylation sites (N-methyl/N-ethyl adjacent to an activating group) is 1. The average molecular weight is 306 g/mol. The van der Waals surface area contributed by atoms with Crippen LogP contribution in [-0.2, 0) is 0 Å². The molecule has 2 fully saturated rings. The molecule has 0 aromatic carbocycles. The molecule has 0 spiro atoms. The molecule has 6 heteroatoms. The van der Waals surface area contributed by atoms with Crippen LogP contribution in [0, 0.1) is 16.0 Å². The molecule has 0 aromatic rings. The molecule has 2 aliphatic rings. The summed E-state index contributed by atoms with van der Waals surface area (Å²) < 4.78 is 0. The summed E-state index contributed by atoms with van der Waals surface area (Å²) in [4.78, 5) is 16.3. The summed E-state index contributed by atoms with van der Waals surface area (Å²) in [5.74, 6) is 0.361. The molecule has 118 valence electrons. The summed E-state index contributed by atoms with van der Waals surface area (Å²) in [6.07, 6.45) is 4.33. The van der Waals surface area contributed by atoms with Gasteiger partial charge in [0.2, 0.25) is 5.54 Å². The van der Waals surface area contributed by atoms with E-state index in [-0.39, 0.29) is 17.3 Å². The van der Waals surface area contributed by atoms with E-state index in [0.29, 0.717) is 31.5 Å². The highest BCUT2D eigenvalue weighted by atomic mass is 35.5. The molecule has 0 saturated carbocycles. The maximum absolute atomic E-state index is 11.7. The number of hydrogen-bond acceptors (Lipinski definition) is 4. The van der Waals surface area contributed by atoms with Gasteiger partial charge < -0.3 is 0 Å². The van der Waals surface area contributed by atoms with Crippen molar-refractivity contribution < 1.29 is 4.92 Å². The molecule has 2 rings (SSSR count). The van der Waals surface area contributed by atoms with Gasteiger partial charge >= 0.3 is 0 Å². The molecule has 0 aliphatic carbocycles. The first-order valence-electron chi connectivity index (χ1n) is 7.50. The summed E-state index contributed by atoms with van der Waals surface area (Å²) in [6.45, 7) is 7.41. The lowest BCUT2D eigenvalue weighted by molar-refractivity contribution is -0.572. The minimum Gasteiger partial charge on any atom is -0.298 e. The third kappa shape index (κ3) is 3.83. The Labute approximate surface area is 128 Å². The maximum Gasteiger partial charge on any atom is 0.247 e. The zero-order valence-corrected chi connectivity index (χ0v) is 13.7. The third-order valence-corrected chi connectivity index (χ3v) is 4.51. The van der Waals surface area contributed by atoms with Crippen molar-refractivity contribution in [2.24, 2.45) is 5.92 Å². The van der Waals surface area contributed by atoms with E-state index < -0.39 is 5.54 Å². The summed E-state index contributed by atoms with van der Waals surface area (Å²) in [7, 11) is 2.04. The molecule has 2 aliphatic heterocycles. The van der Waals surface area contributed by atoms with Crippen LogP contribution in [0.5, 0.6) is 0 Å². The van der Waals surface area contributed by atoms with Gasteiger partial charge in [-0.2, -0.15) is 0 Å². The Morgan fingerprint density at radius 1 is 1.35 bits per heavy atom. The van der Waals surface area contributed by atoms with Crippen molar-refractivity contribution in [3.8, 4) is 0 Å². The topological polar surface area (TPSA) is 49.6 Å². The summed E-state index contributed by atoms with van der Waals surface area (Å²) in [5, 5.41) is 11.7. The van der Waals surface area contributed by atoms with Gasteiger partial charge in [0.15, 0.2) is 0 Å². The Morgan fingerprint density at radius 3 is 2.65 bits per heavy atom. The van der Waals surface area contributed by atoms with E-state index in [1.807, 2.05) is 7.05 Å². The number of nitrogens with zero attached hydrogens (tertiary/aromatic N) is 3. The number of fused-ring (bicyclic) bond motifs is 1. The first-order chi connectivity index (χ1) is 8.93. The van der Waals surface area contributed by atoms with Crippen molar-refractivity contribution in [1.82, 2.24) is 9.80 Å². The molecule has 2 unspecified atom stereocenters. The van der Waals surface area contributed by atoms with E-state index >= 15 is 0 Å². The smallest absolute Gasteiger partial charge is 0.247 e. The number of halogens is 1. The van der Waals surface area contributed by atoms with Crippen LogP contribution in [0.3, 0.4) is 0 Å². The van der Waals surface area contributed by atoms with Crippen LogP contribution in [0.1, 0.15) is 39.5 Å². The van der Waals surface area contributed by atoms with Gasteiger partial charge in [-0.25, -0.2) is 0 Å². The van der Waals surface area contributed by atoms with Crippen LogP contribution >= 0.6 is 12.4 Å². The zero-order chi connectivity index (χ0) is 14.0. The Bertz CT molecular complexity index is 340. The molecular formula is C14H28ClN3O2. The van der Waals surface area contributed by atoms with Crippen LogP contribution in [0.4, 0.5) is 0 Å². The molecule has 0 N–H and O–H groups in total. The normalized spacial score (nSPS) is 32.3. The molecule has 0 amide bonds. The Hall–Kier alpha value is -0.390. The van der Waals surface area contributed by atoms with Gasteiger partial charge in [0.25, 0.3) is 0 Å². The number of hydrogen-bond donors (Lipinski definition) is 0. The summed E-state index contributed by atoms with van der Waals surface area (Å²) >= 11 is 0. The molecule has 2 atom stereocenters. The van der Waals surface area contributed by atoms with Crippen molar-refractivity contribution in [2.75, 3.05) is 33.2 Å². The van der Waals surface area contributed by atoms with Crippen LogP contribution in [0.25, 0.3) is 0 Å². The lowest BCUT2D eigenvalue weighted by Crippen LogP contribution is -2.54. The second-order valence-electron chi connectivity index (χ2n) is 6.90. The van der Waals surface area contributed by atoms with Crippen LogP contribution < -0.4 is 0 Å². The predicted molar refractivity (Wildman–Crippen MR) is 83.1 cm³/mol. The molecule has 0 radical (unpaired) electrons. The number of piperidine rings is 1. The minimum absolute atomic E-state index is 0. The van der Waals surface area contributed by atoms with Gasteiger partial charge in [-0.3, -0.25) is 19.9 Å². The van der Waals surface area contributed by atoms with Crippen molar-refractivity contribution in [3.05, 3.63) is 10.1 Å². The monoisotopic (exact) mass is 305 g/mol. The molecule has 2 saturated heterocycles. The van der Waals surface area contributed by atoms with Crippen molar-refractivity contribution in [2.45, 2.75) is 51.1 Å². The lowest BCUT2D eigenvalue weighted by atomic mass is 9.88. The van der Waals surface area contributed by atoms with E-state index in [1.54, 1.807) is 0 Å². The maximum atomic E-state index is 11.7. The Morgan fingerprint density at radius 2 is 2.05 bits per heavy atom. The van der Waals surface area contributed by atoms with Gasteiger partial charge in [-0.15, -0.1) is 12.4 Å². The quantitative estimate of drug-likeness (QED) is 0.593. The summed E-state index contributed by atoms with van der Waals surface area (Å²) in [5.41, 5.74) is -0.783. The van der Waals surface area contributed by atoms with E-state index in [2.05, 4.69) is 23.6 Å². The highest BCUT2D eigenvalue weighted by Crippen LogP contribution is 2.30. The van der Waals surface area contributed by atoms with E-state index in [9.17, 15) is 10.1 Å². The Kier molecular flexibility index (Phi) is 6.23. The SMILES string of the molecule is CC(C)CC1([N+](=O)[O-])CN(C)CC2CCCCN2C1.Cl. The summed E-state index contributed by atoms with van der Waals surface area (Å²) in [6, 6.07) is 0.521. The second kappa shape index (κ2) is 7.05. The van der Waals surface area contributed by atoms with E-state index in [1.165, 1.54) is 19.3 Å². The molecule has 5 nitrogen and oxygen atoms in total. The first-order valence-corrected chi connectivity index (χ1v) is 7.50. The standard InChI is InChI=1S/C14H27N3O2.ClH/c1-12(2)8-14(17(18)19)10-15(3)9-13-6-4-5-7-16(13)11-14;/h12-13H,4-11H2,1-3H3;1H. The van der Waals surface area contributed by atoms with Gasteiger partial charge in [0.1, 0.15) is 0 Å². The molecular weight excluding hydrogens is 278 g/mol. The highest BCUT2D eigenvalue weighted by Gasteiger charge is 2.49. The predicted octanol–water partition coefficient (Wildman–Crippen LogP) is 2.27. The lowest BCUT2D eigenvalue weighted by Gasteiger charge is -2.36. The third-order valence-electron chi connectivity index (χ3n) is 4.51. The van der Waals surface area contributed by atoms with Crippen LogP contribution in [0.15, 0.2) is 0 Å². The fraction of sp³-hybridized carbons (Fsp3) is 1.00. The molecule has 0 bridgehead atoms. The minimum atomic E-state index is -0.783. The largest absolute Gasteiger partial charge is 0.298 e. The molecule has 0 aromatic heterocycles. The van der Waals surface area contributed by atoms with Gasteiger partial charge in [0, 0.05) is 23.9 Å². The molecule has 2 heterocycles. The molecule has 20 heavy (non-hydrogen) atoms. The number of rotatable bonds is 3. The van der Waals surface area contributed by atoms with Gasteiger partial charge in [-0.05, 0) is 32.4 Å². The van der Waals surface area contributed by atoms with Crippen LogP contribution in [-0.4, -0.2) is 59.5 Å². The fourth-order valence-electron chi connectivity index (χ4n) is 3.91. The van der Waals surface area contributed by atoms with Crippen molar-refractivity contribution >= 4 is 12.4 Å². The second-order valence-corrected chi connectivity index (χ2v) is 6.90. The van der Waals surface area contributed by atoms with E-state index in [0.717, 1.165) is 13.1 Å². The Balaban J connectivity index is 0.00000200. The number of nitro groups is 1. The van der Waals surface area contributed by atoms with Gasteiger partial charge in [-0.1, -0.05) is 20.3 Å². The average Bonchev–Trinajstić information content (AvgIpc) is 2.43. The zero-order valence-electron chi connectivity index (χ0n) is 12.9. The first kappa shape index (κ1) is 17.7. The van der Waals surface area contributed by atoms with Gasteiger partial charge in [0.05, 0.1) is 13.1 Å². The van der Waals surface area contributed by atoms with E-state index in [4.69, 9.17) is 0 Å². The van der Waals surface area contributed by atoms with Crippen LogP contribution in [0.2, 0.25) is 0 Å². The van der Waals surface area contributed by atoms with Crippen molar-refractivity contribution in [1.29, 1.82) is 0 Å². The fourth-order valence-corrected chi connectivity index (χ4v) is 3.91. The highest BCUT2D eigenvalue weighted by molar-refractivity contribution is 5.85.